The van der Waals surface area contributed by atoms with E-state index in [0.717, 1.165) is 17.7 Å². The van der Waals surface area contributed by atoms with Gasteiger partial charge in [-0.05, 0) is 22.5 Å². The number of aromatic amines is 1. The molecule has 0 amide bonds. The third-order valence-electron chi connectivity index (χ3n) is 5.02. The topological polar surface area (TPSA) is 78.3 Å². The number of aromatic nitrogens is 2. The van der Waals surface area contributed by atoms with E-state index in [2.05, 4.69) is 60.0 Å². The van der Waals surface area contributed by atoms with Crippen molar-refractivity contribution in [3.05, 3.63) is 64.9 Å². The first-order chi connectivity index (χ1) is 12.8. The van der Waals surface area contributed by atoms with E-state index >= 15 is 0 Å². The highest BCUT2D eigenvalue weighted by Crippen LogP contribution is 2.34. The van der Waals surface area contributed by atoms with E-state index in [4.69, 9.17) is 0 Å². The number of hydrogen-bond acceptors (Lipinski definition) is 4. The van der Waals surface area contributed by atoms with Crippen LogP contribution in [-0.4, -0.2) is 33.6 Å². The number of nitrogens with one attached hydrogen (secondary N) is 1. The molecule has 0 radical (unpaired) electrons. The second kappa shape index (κ2) is 7.91. The summed E-state index contributed by atoms with van der Waals surface area (Å²) in [5, 5.41) is 10.4. The number of imidazole rings is 1. The summed E-state index contributed by atoms with van der Waals surface area (Å²) >= 11 is 0. The molecule has 0 fully saturated rings. The third-order valence-corrected chi connectivity index (χ3v) is 5.02. The molecule has 1 unspecified atom stereocenters. The van der Waals surface area contributed by atoms with Crippen LogP contribution in [0.25, 0.3) is 0 Å². The van der Waals surface area contributed by atoms with Crippen LogP contribution in [0.1, 0.15) is 56.4 Å². The Morgan fingerprint density at radius 2 is 2.00 bits per heavy atom. The fraction of sp³-hybridized carbons (Fsp3) is 0.409. The molecular formula is C22H27N3O2. The molecule has 0 spiro atoms. The van der Waals surface area contributed by atoms with E-state index in [9.17, 15) is 9.90 Å². The highest BCUT2D eigenvalue weighted by molar-refractivity contribution is 6.14. The average Bonchev–Trinajstić information content (AvgIpc) is 3.13. The predicted octanol–water partition coefficient (Wildman–Crippen LogP) is 4.28. The number of aliphatic hydroxyl groups excluding tert-OH is 1. The molecular weight excluding hydrogens is 338 g/mol. The molecule has 1 aliphatic rings. The number of aliphatic imine (C=N–C) groups is 1. The summed E-state index contributed by atoms with van der Waals surface area (Å²) in [6, 6.07) is 8.39. The molecule has 3 rings (SSSR count). The van der Waals surface area contributed by atoms with Crippen molar-refractivity contribution in [2.45, 2.75) is 51.4 Å². The highest BCUT2D eigenvalue weighted by Gasteiger charge is 2.28. The van der Waals surface area contributed by atoms with Gasteiger partial charge in [0.1, 0.15) is 5.76 Å². The summed E-state index contributed by atoms with van der Waals surface area (Å²) in [6.07, 6.45) is 6.51. The number of allylic oxidation sites excluding steroid dienone is 2. The molecule has 1 aromatic heterocycles. The molecule has 0 aliphatic heterocycles. The molecule has 1 aromatic carbocycles. The van der Waals surface area contributed by atoms with Crippen LogP contribution >= 0.6 is 0 Å². The maximum absolute atomic E-state index is 12.5. The summed E-state index contributed by atoms with van der Waals surface area (Å²) in [7, 11) is 0. The summed E-state index contributed by atoms with van der Waals surface area (Å²) in [4.78, 5) is 23.8. The van der Waals surface area contributed by atoms with Crippen LogP contribution in [-0.2, 0) is 16.6 Å². The number of ketones is 1. The first-order valence-electron chi connectivity index (χ1n) is 9.37. The smallest absolute Gasteiger partial charge is 0.168 e. The molecule has 0 bridgehead atoms. The van der Waals surface area contributed by atoms with Crippen LogP contribution in [0.5, 0.6) is 0 Å². The molecule has 1 aliphatic carbocycles. The van der Waals surface area contributed by atoms with Gasteiger partial charge in [-0.15, -0.1) is 0 Å². The van der Waals surface area contributed by atoms with E-state index in [1.54, 1.807) is 12.5 Å². The van der Waals surface area contributed by atoms with Crippen LogP contribution in [0.2, 0.25) is 0 Å². The lowest BCUT2D eigenvalue weighted by Gasteiger charge is -2.24. The average molecular weight is 365 g/mol. The van der Waals surface area contributed by atoms with Gasteiger partial charge in [0.15, 0.2) is 5.78 Å². The first kappa shape index (κ1) is 19.1. The van der Waals surface area contributed by atoms with Crippen molar-refractivity contribution in [1.82, 2.24) is 9.97 Å². The van der Waals surface area contributed by atoms with Crippen molar-refractivity contribution in [1.29, 1.82) is 0 Å². The minimum atomic E-state index is -0.0473. The number of carbonyl (C=O) groups is 1. The molecule has 1 heterocycles. The quantitative estimate of drug-likeness (QED) is 0.776. The van der Waals surface area contributed by atoms with Gasteiger partial charge in [-0.2, -0.15) is 0 Å². The van der Waals surface area contributed by atoms with Crippen LogP contribution in [0.4, 0.5) is 0 Å². The standard InChI is InChI=1S/C22H27N3O2/c1-22(2,3)17-6-4-15(5-7-17)16-10-20(26)19(21(27)11-16)13-23-9-8-18-12-24-14-25-18/h4-7,12-14,16,26H,8-11H2,1-3H3,(H,24,25). The van der Waals surface area contributed by atoms with Gasteiger partial charge in [-0.25, -0.2) is 4.98 Å². The van der Waals surface area contributed by atoms with Crippen LogP contribution < -0.4 is 0 Å². The normalized spacial score (nSPS) is 18.5. The fourth-order valence-corrected chi connectivity index (χ4v) is 3.31. The van der Waals surface area contributed by atoms with Gasteiger partial charge in [-0.1, -0.05) is 45.0 Å². The lowest BCUT2D eigenvalue weighted by molar-refractivity contribution is -0.116. The highest BCUT2D eigenvalue weighted by atomic mass is 16.3. The lowest BCUT2D eigenvalue weighted by atomic mass is 9.81. The minimum absolute atomic E-state index is 0.0219. The number of carbonyl (C=O) groups excluding carboxylic acids is 1. The number of H-pyrrole nitrogens is 1. The Balaban J connectivity index is 1.65. The molecule has 1 atom stereocenters. The van der Waals surface area contributed by atoms with Gasteiger partial charge in [-0.3, -0.25) is 9.79 Å². The Labute approximate surface area is 160 Å². The second-order valence-corrected chi connectivity index (χ2v) is 8.12. The summed E-state index contributed by atoms with van der Waals surface area (Å²) in [6.45, 7) is 7.08. The minimum Gasteiger partial charge on any atom is -0.511 e. The Morgan fingerprint density at radius 3 is 2.59 bits per heavy atom. The van der Waals surface area contributed by atoms with Gasteiger partial charge < -0.3 is 10.1 Å². The van der Waals surface area contributed by atoms with Gasteiger partial charge in [0.05, 0.1) is 11.9 Å². The predicted molar refractivity (Wildman–Crippen MR) is 107 cm³/mol. The van der Waals surface area contributed by atoms with Gasteiger partial charge in [0, 0.05) is 43.9 Å². The van der Waals surface area contributed by atoms with Crippen LogP contribution in [0.15, 0.2) is 53.1 Å². The Bertz CT molecular complexity index is 841. The van der Waals surface area contributed by atoms with Gasteiger partial charge >= 0.3 is 0 Å². The Kier molecular flexibility index (Phi) is 5.59. The maximum atomic E-state index is 12.5. The van der Waals surface area contributed by atoms with Gasteiger partial charge in [0.25, 0.3) is 0 Å². The van der Waals surface area contributed by atoms with E-state index < -0.39 is 0 Å². The van der Waals surface area contributed by atoms with Gasteiger partial charge in [0.2, 0.25) is 0 Å². The van der Waals surface area contributed by atoms with Crippen molar-refractivity contribution in [2.75, 3.05) is 6.54 Å². The maximum Gasteiger partial charge on any atom is 0.168 e. The Hall–Kier alpha value is -2.69. The molecule has 5 nitrogen and oxygen atoms in total. The molecule has 142 valence electrons. The van der Waals surface area contributed by atoms with Crippen molar-refractivity contribution < 1.29 is 9.90 Å². The molecule has 2 N–H and O–H groups in total. The van der Waals surface area contributed by atoms with E-state index in [1.807, 2.05) is 0 Å². The largest absolute Gasteiger partial charge is 0.511 e. The van der Waals surface area contributed by atoms with E-state index in [0.29, 0.717) is 25.0 Å². The van der Waals surface area contributed by atoms with Crippen molar-refractivity contribution in [2.24, 2.45) is 4.99 Å². The number of aliphatic hydroxyl groups is 1. The summed E-state index contributed by atoms with van der Waals surface area (Å²) in [5.74, 6) is 0.115. The summed E-state index contributed by atoms with van der Waals surface area (Å²) < 4.78 is 0. The molecule has 2 aromatic rings. The van der Waals surface area contributed by atoms with Crippen molar-refractivity contribution in [3.8, 4) is 0 Å². The molecule has 0 saturated carbocycles. The molecule has 0 saturated heterocycles. The monoisotopic (exact) mass is 365 g/mol. The van der Waals surface area contributed by atoms with Crippen molar-refractivity contribution >= 4 is 12.0 Å². The van der Waals surface area contributed by atoms with Crippen molar-refractivity contribution in [3.63, 3.8) is 0 Å². The number of Topliss-reactive ketones (excluding diaryl/α,β-unsaturated/α-hetero) is 1. The van der Waals surface area contributed by atoms with Crippen LogP contribution in [0, 0.1) is 0 Å². The zero-order valence-electron chi connectivity index (χ0n) is 16.2. The number of nitrogens with zero attached hydrogens (tertiary/aromatic N) is 2. The lowest BCUT2D eigenvalue weighted by Crippen LogP contribution is -2.19. The summed E-state index contributed by atoms with van der Waals surface area (Å²) in [5.41, 5.74) is 3.81. The zero-order chi connectivity index (χ0) is 19.4. The van der Waals surface area contributed by atoms with E-state index in [1.165, 1.54) is 11.8 Å². The molecule has 27 heavy (non-hydrogen) atoms. The second-order valence-electron chi connectivity index (χ2n) is 8.12. The fourth-order valence-electron chi connectivity index (χ4n) is 3.31. The SMILES string of the molecule is CC(C)(C)c1ccc(C2CC(=O)C(C=NCCc3cnc[nH]3)=C(O)C2)cc1. The third kappa shape index (κ3) is 4.73. The first-order valence-corrected chi connectivity index (χ1v) is 9.37. The zero-order valence-corrected chi connectivity index (χ0v) is 16.2. The number of hydrogen-bond donors (Lipinski definition) is 2. The van der Waals surface area contributed by atoms with Crippen LogP contribution in [0.3, 0.4) is 0 Å². The Morgan fingerprint density at radius 1 is 1.26 bits per heavy atom. The van der Waals surface area contributed by atoms with E-state index in [-0.39, 0.29) is 22.9 Å². The number of rotatable bonds is 5. The number of benzene rings is 1. The molecule has 5 heteroatoms.